The second-order valence-corrected chi connectivity index (χ2v) is 8.52. The molecule has 4 rings (SSSR count). The van der Waals surface area contributed by atoms with Gasteiger partial charge in [0.05, 0.1) is 16.8 Å². The third kappa shape index (κ3) is 3.57. The van der Waals surface area contributed by atoms with Crippen molar-refractivity contribution in [3.63, 3.8) is 0 Å². The van der Waals surface area contributed by atoms with Crippen LogP contribution in [0.3, 0.4) is 0 Å². The summed E-state index contributed by atoms with van der Waals surface area (Å²) in [5.74, 6) is -1.36. The first kappa shape index (κ1) is 21.0. The summed E-state index contributed by atoms with van der Waals surface area (Å²) in [4.78, 5) is 43.6. The van der Waals surface area contributed by atoms with Crippen molar-refractivity contribution < 1.29 is 14.4 Å². The summed E-state index contributed by atoms with van der Waals surface area (Å²) in [6.45, 7) is 8.78. The molecule has 0 bridgehead atoms. The third-order valence-electron chi connectivity index (χ3n) is 5.62. The van der Waals surface area contributed by atoms with Gasteiger partial charge < -0.3 is 9.88 Å². The normalized spacial score (nSPS) is 14.1. The first-order valence-electron chi connectivity index (χ1n) is 10.2. The number of imide groups is 1. The molecule has 7 nitrogen and oxygen atoms in total. The van der Waals surface area contributed by atoms with E-state index >= 15 is 0 Å². The molecule has 0 aliphatic carbocycles. The van der Waals surface area contributed by atoms with Gasteiger partial charge in [0.15, 0.2) is 5.13 Å². The average Bonchev–Trinajstić information content (AvgIpc) is 3.40. The van der Waals surface area contributed by atoms with Gasteiger partial charge in [-0.2, -0.15) is 0 Å². The Labute approximate surface area is 184 Å². The van der Waals surface area contributed by atoms with Crippen LogP contribution in [-0.4, -0.2) is 38.2 Å². The lowest BCUT2D eigenvalue weighted by Gasteiger charge is -2.21. The summed E-state index contributed by atoms with van der Waals surface area (Å²) >= 11 is 1.32. The minimum absolute atomic E-state index is 0.325. The van der Waals surface area contributed by atoms with Gasteiger partial charge in [-0.25, -0.2) is 4.98 Å². The molecule has 1 aliphatic heterocycles. The van der Waals surface area contributed by atoms with E-state index in [1.807, 2.05) is 5.38 Å². The van der Waals surface area contributed by atoms with Gasteiger partial charge in [-0.15, -0.1) is 11.3 Å². The molecule has 0 radical (unpaired) electrons. The first-order valence-corrected chi connectivity index (χ1v) is 11.1. The Morgan fingerprint density at radius 1 is 1.13 bits per heavy atom. The van der Waals surface area contributed by atoms with Gasteiger partial charge in [-0.3, -0.25) is 19.3 Å². The number of anilines is 1. The van der Waals surface area contributed by atoms with Crippen LogP contribution in [0.5, 0.6) is 0 Å². The lowest BCUT2D eigenvalue weighted by atomic mass is 10.1. The van der Waals surface area contributed by atoms with Crippen molar-refractivity contribution in [3.05, 3.63) is 58.2 Å². The zero-order valence-electron chi connectivity index (χ0n) is 17.9. The maximum Gasteiger partial charge on any atom is 0.262 e. The van der Waals surface area contributed by atoms with Crippen molar-refractivity contribution in [2.75, 3.05) is 5.32 Å². The molecule has 0 saturated heterocycles. The van der Waals surface area contributed by atoms with E-state index in [0.29, 0.717) is 16.3 Å². The van der Waals surface area contributed by atoms with Gasteiger partial charge in [-0.05, 0) is 45.4 Å². The predicted molar refractivity (Wildman–Crippen MR) is 120 cm³/mol. The molecule has 31 heavy (non-hydrogen) atoms. The van der Waals surface area contributed by atoms with Crippen LogP contribution in [0.2, 0.25) is 0 Å². The number of carbonyl (C=O) groups is 3. The number of carbonyl (C=O) groups excluding carboxylic acids is 3. The molecule has 1 unspecified atom stereocenters. The molecule has 1 aliphatic rings. The Hall–Kier alpha value is -3.26. The van der Waals surface area contributed by atoms with Crippen LogP contribution in [0.1, 0.15) is 52.4 Å². The number of hydrogen-bond donors (Lipinski definition) is 1. The topological polar surface area (TPSA) is 84.3 Å². The van der Waals surface area contributed by atoms with E-state index in [9.17, 15) is 14.4 Å². The molecule has 1 N–H and O–H groups in total. The number of nitrogens with zero attached hydrogens (tertiary/aromatic N) is 3. The number of nitrogens with one attached hydrogen (secondary N) is 1. The van der Waals surface area contributed by atoms with Crippen molar-refractivity contribution in [2.24, 2.45) is 0 Å². The molecule has 3 amide bonds. The Morgan fingerprint density at radius 3 is 2.39 bits per heavy atom. The van der Waals surface area contributed by atoms with Gasteiger partial charge in [0.25, 0.3) is 11.8 Å². The fourth-order valence-electron chi connectivity index (χ4n) is 3.97. The van der Waals surface area contributed by atoms with E-state index < -0.39 is 23.8 Å². The fraction of sp³-hybridized carbons (Fsp3) is 0.304. The van der Waals surface area contributed by atoms with Crippen molar-refractivity contribution in [1.82, 2.24) is 14.5 Å². The van der Waals surface area contributed by atoms with Gasteiger partial charge in [0.2, 0.25) is 5.91 Å². The highest BCUT2D eigenvalue weighted by molar-refractivity contribution is 7.14. The number of rotatable bonds is 6. The Morgan fingerprint density at radius 2 is 1.77 bits per heavy atom. The van der Waals surface area contributed by atoms with Crippen molar-refractivity contribution in [2.45, 2.75) is 46.7 Å². The van der Waals surface area contributed by atoms with Crippen LogP contribution in [0.25, 0.3) is 11.3 Å². The molecule has 160 valence electrons. The summed E-state index contributed by atoms with van der Waals surface area (Å²) in [6, 6.07) is 7.76. The van der Waals surface area contributed by atoms with Crippen molar-refractivity contribution >= 4 is 34.2 Å². The molecule has 0 saturated carbocycles. The van der Waals surface area contributed by atoms with Gasteiger partial charge in [0, 0.05) is 28.9 Å². The minimum atomic E-state index is -0.950. The standard InChI is InChI=1S/C23H24N4O3S/c1-5-10-26-13(2)11-18(14(26)3)19-12-31-23(24-19)25-20(28)15(4)27-21(29)16-8-6-7-9-17(16)22(27)30/h6-9,11-12,15H,5,10H2,1-4H3,(H,24,25,28). The molecular weight excluding hydrogens is 412 g/mol. The summed E-state index contributed by atoms with van der Waals surface area (Å²) in [7, 11) is 0. The molecule has 2 aromatic heterocycles. The lowest BCUT2D eigenvalue weighted by molar-refractivity contribution is -0.119. The number of aromatic nitrogens is 2. The number of amides is 3. The maximum absolute atomic E-state index is 12.8. The Bertz CT molecular complexity index is 1160. The highest BCUT2D eigenvalue weighted by Gasteiger charge is 2.40. The monoisotopic (exact) mass is 436 g/mol. The van der Waals surface area contributed by atoms with E-state index in [2.05, 4.69) is 41.7 Å². The number of fused-ring (bicyclic) bond motifs is 1. The summed E-state index contributed by atoms with van der Waals surface area (Å²) < 4.78 is 2.26. The average molecular weight is 437 g/mol. The Balaban J connectivity index is 1.51. The van der Waals surface area contributed by atoms with Crippen LogP contribution in [0, 0.1) is 13.8 Å². The molecule has 1 atom stereocenters. The zero-order chi connectivity index (χ0) is 22.3. The molecule has 3 heterocycles. The third-order valence-corrected chi connectivity index (χ3v) is 6.38. The largest absolute Gasteiger partial charge is 0.348 e. The number of hydrogen-bond acceptors (Lipinski definition) is 5. The number of thiazole rings is 1. The van der Waals surface area contributed by atoms with Crippen LogP contribution in [-0.2, 0) is 11.3 Å². The molecule has 1 aromatic carbocycles. The van der Waals surface area contributed by atoms with E-state index in [1.54, 1.807) is 31.2 Å². The minimum Gasteiger partial charge on any atom is -0.348 e. The SMILES string of the molecule is CCCn1c(C)cc(-c2csc(NC(=O)C(C)N3C(=O)c4ccccc4C3=O)n2)c1C. The van der Waals surface area contributed by atoms with Gasteiger partial charge >= 0.3 is 0 Å². The second kappa shape index (κ2) is 8.11. The van der Waals surface area contributed by atoms with E-state index in [4.69, 9.17) is 0 Å². The van der Waals surface area contributed by atoms with Crippen LogP contribution < -0.4 is 5.32 Å². The molecule has 0 fully saturated rings. The highest BCUT2D eigenvalue weighted by Crippen LogP contribution is 2.31. The quantitative estimate of drug-likeness (QED) is 0.585. The smallest absolute Gasteiger partial charge is 0.262 e. The molecular formula is C23H24N4O3S. The van der Waals surface area contributed by atoms with E-state index in [-0.39, 0.29) is 0 Å². The van der Waals surface area contributed by atoms with Crippen LogP contribution >= 0.6 is 11.3 Å². The number of benzene rings is 1. The lowest BCUT2D eigenvalue weighted by Crippen LogP contribution is -2.45. The first-order chi connectivity index (χ1) is 14.8. The molecule has 8 heteroatoms. The van der Waals surface area contributed by atoms with Gasteiger partial charge in [0.1, 0.15) is 6.04 Å². The summed E-state index contributed by atoms with van der Waals surface area (Å²) in [6.07, 6.45) is 1.05. The molecule has 3 aromatic rings. The second-order valence-electron chi connectivity index (χ2n) is 7.67. The predicted octanol–water partition coefficient (Wildman–Crippen LogP) is 4.26. The van der Waals surface area contributed by atoms with Crippen LogP contribution in [0.15, 0.2) is 35.7 Å². The Kier molecular flexibility index (Phi) is 5.49. The fourth-order valence-corrected chi connectivity index (χ4v) is 4.68. The zero-order valence-corrected chi connectivity index (χ0v) is 18.7. The summed E-state index contributed by atoms with van der Waals surface area (Å²) in [5.41, 5.74) is 4.80. The number of aryl methyl sites for hydroxylation is 1. The van der Waals surface area contributed by atoms with E-state index in [0.717, 1.165) is 34.8 Å². The van der Waals surface area contributed by atoms with Gasteiger partial charge in [-0.1, -0.05) is 19.1 Å². The molecule has 0 spiro atoms. The summed E-state index contributed by atoms with van der Waals surface area (Å²) in [5, 5.41) is 5.10. The highest BCUT2D eigenvalue weighted by atomic mass is 32.1. The van der Waals surface area contributed by atoms with Crippen molar-refractivity contribution in [3.8, 4) is 11.3 Å². The van der Waals surface area contributed by atoms with Crippen molar-refractivity contribution in [1.29, 1.82) is 0 Å². The van der Waals surface area contributed by atoms with Crippen LogP contribution in [0.4, 0.5) is 5.13 Å². The maximum atomic E-state index is 12.8. The van der Waals surface area contributed by atoms with E-state index in [1.165, 1.54) is 17.0 Å².